The van der Waals surface area contributed by atoms with Gasteiger partial charge in [-0.2, -0.15) is 0 Å². The van der Waals surface area contributed by atoms with E-state index in [2.05, 4.69) is 4.99 Å². The van der Waals surface area contributed by atoms with Crippen molar-refractivity contribution < 1.29 is 8.78 Å². The molecule has 2 aromatic rings. The van der Waals surface area contributed by atoms with Gasteiger partial charge in [0.2, 0.25) is 0 Å². The smallest absolute Gasteiger partial charge is 0.134 e. The number of aliphatic imine (C=N–C) groups is 1. The molecule has 4 heteroatoms. The van der Waals surface area contributed by atoms with Gasteiger partial charge in [-0.15, -0.1) is 0 Å². The molecular weight excluding hydrogens is 244 g/mol. The first-order valence-electron chi connectivity index (χ1n) is 4.90. The summed E-state index contributed by atoms with van der Waals surface area (Å²) < 4.78 is 25.9. The average molecular weight is 252 g/mol. The molecular formula is C13H8ClF2N. The van der Waals surface area contributed by atoms with E-state index in [1.165, 1.54) is 18.3 Å². The van der Waals surface area contributed by atoms with Crippen LogP contribution in [0.5, 0.6) is 0 Å². The zero-order valence-electron chi connectivity index (χ0n) is 8.70. The minimum absolute atomic E-state index is 0.237. The Morgan fingerprint density at radius 2 is 1.71 bits per heavy atom. The van der Waals surface area contributed by atoms with Gasteiger partial charge in [-0.25, -0.2) is 8.78 Å². The third-order valence-electron chi connectivity index (χ3n) is 2.14. The quantitative estimate of drug-likeness (QED) is 0.703. The Morgan fingerprint density at radius 1 is 1.00 bits per heavy atom. The SMILES string of the molecule is Fc1ccc(C=Nc2ccc(Cl)cc2)c(F)c1. The minimum Gasteiger partial charge on any atom is -0.256 e. The van der Waals surface area contributed by atoms with E-state index in [1.54, 1.807) is 24.3 Å². The fourth-order valence-electron chi connectivity index (χ4n) is 1.28. The molecule has 0 N–H and O–H groups in total. The second kappa shape index (κ2) is 5.06. The van der Waals surface area contributed by atoms with Crippen LogP contribution in [0.2, 0.25) is 5.02 Å². The second-order valence-electron chi connectivity index (χ2n) is 3.40. The molecule has 0 aliphatic heterocycles. The van der Waals surface area contributed by atoms with Crippen LogP contribution < -0.4 is 0 Å². The number of rotatable bonds is 2. The zero-order valence-corrected chi connectivity index (χ0v) is 9.46. The average Bonchev–Trinajstić information content (AvgIpc) is 2.30. The predicted molar refractivity (Wildman–Crippen MR) is 65.1 cm³/mol. The lowest BCUT2D eigenvalue weighted by molar-refractivity contribution is 0.582. The van der Waals surface area contributed by atoms with E-state index in [9.17, 15) is 8.78 Å². The molecule has 2 rings (SSSR count). The Labute approximate surface area is 102 Å². The summed E-state index contributed by atoms with van der Waals surface area (Å²) in [5.74, 6) is -1.24. The summed E-state index contributed by atoms with van der Waals surface area (Å²) in [7, 11) is 0. The third kappa shape index (κ3) is 3.11. The molecule has 0 saturated carbocycles. The molecule has 86 valence electrons. The lowest BCUT2D eigenvalue weighted by atomic mass is 10.2. The predicted octanol–water partition coefficient (Wildman–Crippen LogP) is 4.37. The van der Waals surface area contributed by atoms with Crippen molar-refractivity contribution in [2.24, 2.45) is 4.99 Å². The maximum atomic E-state index is 13.3. The normalized spacial score (nSPS) is 11.0. The first kappa shape index (κ1) is 11.7. The Balaban J connectivity index is 2.23. The number of hydrogen-bond donors (Lipinski definition) is 0. The standard InChI is InChI=1S/C13H8ClF2N/c14-10-2-5-12(6-3-10)17-8-9-1-4-11(15)7-13(9)16/h1-8H. The summed E-state index contributed by atoms with van der Waals surface area (Å²) in [6, 6.07) is 10.1. The highest BCUT2D eigenvalue weighted by atomic mass is 35.5. The molecule has 0 unspecified atom stereocenters. The molecule has 1 nitrogen and oxygen atoms in total. The van der Waals surface area contributed by atoms with Crippen molar-refractivity contribution in [3.63, 3.8) is 0 Å². The van der Waals surface area contributed by atoms with Crippen LogP contribution in [0.15, 0.2) is 47.5 Å². The van der Waals surface area contributed by atoms with Crippen molar-refractivity contribution in [1.29, 1.82) is 0 Å². The van der Waals surface area contributed by atoms with Crippen LogP contribution in [0.25, 0.3) is 0 Å². The molecule has 0 amide bonds. The van der Waals surface area contributed by atoms with Crippen LogP contribution in [0.3, 0.4) is 0 Å². The van der Waals surface area contributed by atoms with E-state index in [-0.39, 0.29) is 5.56 Å². The number of halogens is 3. The third-order valence-corrected chi connectivity index (χ3v) is 2.39. The second-order valence-corrected chi connectivity index (χ2v) is 3.84. The molecule has 0 aliphatic rings. The van der Waals surface area contributed by atoms with Crippen molar-refractivity contribution in [2.45, 2.75) is 0 Å². The van der Waals surface area contributed by atoms with Crippen molar-refractivity contribution >= 4 is 23.5 Å². The Morgan fingerprint density at radius 3 is 2.35 bits per heavy atom. The first-order valence-corrected chi connectivity index (χ1v) is 5.27. The van der Waals surface area contributed by atoms with Crippen LogP contribution in [-0.4, -0.2) is 6.21 Å². The maximum absolute atomic E-state index is 13.3. The summed E-state index contributed by atoms with van der Waals surface area (Å²) in [5.41, 5.74) is 0.888. The number of hydrogen-bond acceptors (Lipinski definition) is 1. The number of nitrogens with zero attached hydrogens (tertiary/aromatic N) is 1. The topological polar surface area (TPSA) is 12.4 Å². The van der Waals surface area contributed by atoms with Crippen LogP contribution in [0, 0.1) is 11.6 Å². The highest BCUT2D eigenvalue weighted by Gasteiger charge is 2.00. The highest BCUT2D eigenvalue weighted by Crippen LogP contribution is 2.16. The van der Waals surface area contributed by atoms with Gasteiger partial charge in [0.25, 0.3) is 0 Å². The molecule has 17 heavy (non-hydrogen) atoms. The monoisotopic (exact) mass is 251 g/mol. The summed E-state index contributed by atoms with van der Waals surface area (Å²) in [6.07, 6.45) is 1.35. The fourth-order valence-corrected chi connectivity index (χ4v) is 1.40. The van der Waals surface area contributed by atoms with Crippen LogP contribution in [-0.2, 0) is 0 Å². The summed E-state index contributed by atoms with van der Waals surface area (Å²) in [5, 5.41) is 0.608. The van der Waals surface area contributed by atoms with E-state index >= 15 is 0 Å². The molecule has 0 atom stereocenters. The van der Waals surface area contributed by atoms with E-state index in [0.29, 0.717) is 10.7 Å². The van der Waals surface area contributed by atoms with Gasteiger partial charge in [-0.05, 0) is 36.4 Å². The van der Waals surface area contributed by atoms with Gasteiger partial charge in [-0.3, -0.25) is 4.99 Å². The maximum Gasteiger partial charge on any atom is 0.134 e. The van der Waals surface area contributed by atoms with Crippen molar-refractivity contribution in [1.82, 2.24) is 0 Å². The molecule has 0 aliphatic carbocycles. The summed E-state index contributed by atoms with van der Waals surface area (Å²) >= 11 is 5.72. The zero-order chi connectivity index (χ0) is 12.3. The molecule has 0 heterocycles. The first-order chi connectivity index (χ1) is 8.15. The Kier molecular flexibility index (Phi) is 3.49. The van der Waals surface area contributed by atoms with E-state index in [1.807, 2.05) is 0 Å². The lowest BCUT2D eigenvalue weighted by Crippen LogP contribution is -1.88. The summed E-state index contributed by atoms with van der Waals surface area (Å²) in [6.45, 7) is 0. The molecule has 0 saturated heterocycles. The van der Waals surface area contributed by atoms with Gasteiger partial charge in [0.1, 0.15) is 11.6 Å². The van der Waals surface area contributed by atoms with Gasteiger partial charge < -0.3 is 0 Å². The van der Waals surface area contributed by atoms with E-state index in [4.69, 9.17) is 11.6 Å². The van der Waals surface area contributed by atoms with Gasteiger partial charge in [0.15, 0.2) is 0 Å². The van der Waals surface area contributed by atoms with Crippen LogP contribution >= 0.6 is 11.6 Å². The Bertz CT molecular complexity index is 550. The van der Waals surface area contributed by atoms with Gasteiger partial charge in [-0.1, -0.05) is 11.6 Å². The molecule has 0 aromatic heterocycles. The van der Waals surface area contributed by atoms with Gasteiger partial charge in [0.05, 0.1) is 5.69 Å². The van der Waals surface area contributed by atoms with Crippen molar-refractivity contribution in [3.8, 4) is 0 Å². The fraction of sp³-hybridized carbons (Fsp3) is 0. The largest absolute Gasteiger partial charge is 0.256 e. The summed E-state index contributed by atoms with van der Waals surface area (Å²) in [4.78, 5) is 4.06. The van der Waals surface area contributed by atoms with Crippen molar-refractivity contribution in [2.75, 3.05) is 0 Å². The van der Waals surface area contributed by atoms with E-state index < -0.39 is 11.6 Å². The lowest BCUT2D eigenvalue weighted by Gasteiger charge is -1.97. The van der Waals surface area contributed by atoms with Gasteiger partial charge >= 0.3 is 0 Å². The minimum atomic E-state index is -0.636. The van der Waals surface area contributed by atoms with E-state index in [0.717, 1.165) is 6.07 Å². The Hall–Kier alpha value is -1.74. The highest BCUT2D eigenvalue weighted by molar-refractivity contribution is 6.30. The van der Waals surface area contributed by atoms with Crippen LogP contribution in [0.1, 0.15) is 5.56 Å². The number of benzene rings is 2. The van der Waals surface area contributed by atoms with Crippen LogP contribution in [0.4, 0.5) is 14.5 Å². The molecule has 0 bridgehead atoms. The van der Waals surface area contributed by atoms with Gasteiger partial charge in [0, 0.05) is 22.9 Å². The molecule has 0 spiro atoms. The van der Waals surface area contributed by atoms with Crippen molar-refractivity contribution in [3.05, 3.63) is 64.7 Å². The molecule has 0 radical (unpaired) electrons. The molecule has 2 aromatic carbocycles. The molecule has 0 fully saturated rings.